The van der Waals surface area contributed by atoms with E-state index in [0.717, 1.165) is 15.8 Å². The Morgan fingerprint density at radius 1 is 1.43 bits per heavy atom. The Hall–Kier alpha value is -1.56. The smallest absolute Gasteiger partial charge is 0.306 e. The van der Waals surface area contributed by atoms with Crippen molar-refractivity contribution in [2.75, 3.05) is 20.2 Å². The van der Waals surface area contributed by atoms with Gasteiger partial charge in [-0.15, -0.1) is 0 Å². The highest BCUT2D eigenvalue weighted by molar-refractivity contribution is 9.10. The van der Waals surface area contributed by atoms with Crippen molar-refractivity contribution in [1.29, 1.82) is 0 Å². The Kier molecular flexibility index (Phi) is 6.04. The van der Waals surface area contributed by atoms with Crippen molar-refractivity contribution in [2.24, 2.45) is 11.8 Å². The molecule has 126 valence electrons. The Bertz CT molecular complexity index is 590. The molecule has 0 spiro atoms. The molecular weight excluding hydrogens is 362 g/mol. The standard InChI is InChI=1S/C17H22BrNO4/c1-11-10-19(8-7-13(11)17(21)22)16(20)6-4-12-3-5-15(23-2)14(18)9-12/h3,5,9,11,13H,4,6-8,10H2,1-2H3,(H,21,22). The highest BCUT2D eigenvalue weighted by Crippen LogP contribution is 2.27. The molecule has 1 aromatic rings. The van der Waals surface area contributed by atoms with Crippen molar-refractivity contribution in [1.82, 2.24) is 4.90 Å². The van der Waals surface area contributed by atoms with Gasteiger partial charge in [0.05, 0.1) is 17.5 Å². The fraction of sp³-hybridized carbons (Fsp3) is 0.529. The minimum atomic E-state index is -0.757. The number of hydrogen-bond acceptors (Lipinski definition) is 3. The van der Waals surface area contributed by atoms with Crippen molar-refractivity contribution in [3.8, 4) is 5.75 Å². The largest absolute Gasteiger partial charge is 0.496 e. The number of carboxylic acids is 1. The second-order valence-electron chi connectivity index (χ2n) is 6.02. The summed E-state index contributed by atoms with van der Waals surface area (Å²) in [7, 11) is 1.62. The van der Waals surface area contributed by atoms with Crippen LogP contribution >= 0.6 is 15.9 Å². The van der Waals surface area contributed by atoms with Crippen LogP contribution in [0.5, 0.6) is 5.75 Å². The number of methoxy groups -OCH3 is 1. The molecule has 2 rings (SSSR count). The number of ether oxygens (including phenoxy) is 1. The number of halogens is 1. The number of aliphatic carboxylic acids is 1. The summed E-state index contributed by atoms with van der Waals surface area (Å²) in [5.74, 6) is -0.234. The van der Waals surface area contributed by atoms with Crippen LogP contribution in [0.1, 0.15) is 25.3 Å². The molecule has 2 unspecified atom stereocenters. The van der Waals surface area contributed by atoms with E-state index >= 15 is 0 Å². The van der Waals surface area contributed by atoms with Gasteiger partial charge in [0.2, 0.25) is 5.91 Å². The lowest BCUT2D eigenvalue weighted by Crippen LogP contribution is -2.45. The number of aryl methyl sites for hydroxylation is 1. The molecule has 1 aliphatic heterocycles. The van der Waals surface area contributed by atoms with Crippen molar-refractivity contribution < 1.29 is 19.4 Å². The molecule has 23 heavy (non-hydrogen) atoms. The first-order valence-electron chi connectivity index (χ1n) is 7.75. The van der Waals surface area contributed by atoms with Gasteiger partial charge in [-0.3, -0.25) is 9.59 Å². The van der Waals surface area contributed by atoms with E-state index in [1.165, 1.54) is 0 Å². The fourth-order valence-electron chi connectivity index (χ4n) is 3.01. The number of piperidine rings is 1. The van der Waals surface area contributed by atoms with Gasteiger partial charge in [0, 0.05) is 19.5 Å². The average Bonchev–Trinajstić information content (AvgIpc) is 2.52. The van der Waals surface area contributed by atoms with E-state index in [9.17, 15) is 9.59 Å². The van der Waals surface area contributed by atoms with Crippen LogP contribution < -0.4 is 4.74 Å². The fourth-order valence-corrected chi connectivity index (χ4v) is 3.60. The van der Waals surface area contributed by atoms with Crippen LogP contribution in [-0.4, -0.2) is 42.1 Å². The third-order valence-corrected chi connectivity index (χ3v) is 5.04. The van der Waals surface area contributed by atoms with Crippen molar-refractivity contribution in [3.05, 3.63) is 28.2 Å². The Morgan fingerprint density at radius 2 is 2.17 bits per heavy atom. The van der Waals surface area contributed by atoms with Crippen molar-refractivity contribution >= 4 is 27.8 Å². The summed E-state index contributed by atoms with van der Waals surface area (Å²) in [5.41, 5.74) is 1.07. The molecule has 1 aliphatic rings. The maximum atomic E-state index is 12.3. The average molecular weight is 384 g/mol. The van der Waals surface area contributed by atoms with Gasteiger partial charge in [-0.1, -0.05) is 13.0 Å². The number of likely N-dealkylation sites (tertiary alicyclic amines) is 1. The first-order valence-corrected chi connectivity index (χ1v) is 8.54. The van der Waals surface area contributed by atoms with Gasteiger partial charge in [-0.25, -0.2) is 0 Å². The molecule has 1 fully saturated rings. The van der Waals surface area contributed by atoms with Gasteiger partial charge in [0.25, 0.3) is 0 Å². The molecule has 1 N–H and O–H groups in total. The lowest BCUT2D eigenvalue weighted by atomic mass is 9.87. The number of rotatable bonds is 5. The van der Waals surface area contributed by atoms with Crippen molar-refractivity contribution in [2.45, 2.75) is 26.2 Å². The SMILES string of the molecule is COc1ccc(CCC(=O)N2CCC(C(=O)O)C(C)C2)cc1Br. The molecule has 1 aromatic carbocycles. The highest BCUT2D eigenvalue weighted by Gasteiger charge is 2.32. The third-order valence-electron chi connectivity index (χ3n) is 4.42. The molecule has 0 radical (unpaired) electrons. The zero-order chi connectivity index (χ0) is 17.0. The maximum absolute atomic E-state index is 12.3. The van der Waals surface area contributed by atoms with Crippen LogP contribution in [0.15, 0.2) is 22.7 Å². The maximum Gasteiger partial charge on any atom is 0.306 e. The predicted octanol–water partition coefficient (Wildman–Crippen LogP) is 2.96. The second-order valence-corrected chi connectivity index (χ2v) is 6.87. The van der Waals surface area contributed by atoms with Crippen LogP contribution in [0.25, 0.3) is 0 Å². The number of amides is 1. The van der Waals surface area contributed by atoms with E-state index in [2.05, 4.69) is 15.9 Å². The minimum Gasteiger partial charge on any atom is -0.496 e. The number of carbonyl (C=O) groups is 2. The monoisotopic (exact) mass is 383 g/mol. The zero-order valence-electron chi connectivity index (χ0n) is 13.4. The minimum absolute atomic E-state index is 0.000306. The van der Waals surface area contributed by atoms with Gasteiger partial charge in [0.1, 0.15) is 5.75 Å². The van der Waals surface area contributed by atoms with Crippen LogP contribution in [0.3, 0.4) is 0 Å². The first kappa shape index (κ1) is 17.8. The Balaban J connectivity index is 1.88. The van der Waals surface area contributed by atoms with E-state index in [1.807, 2.05) is 25.1 Å². The van der Waals surface area contributed by atoms with Crippen LogP contribution in [-0.2, 0) is 16.0 Å². The summed E-state index contributed by atoms with van der Waals surface area (Å²) in [6, 6.07) is 5.80. The molecule has 2 atom stereocenters. The van der Waals surface area contributed by atoms with Crippen LogP contribution in [0.2, 0.25) is 0 Å². The number of benzene rings is 1. The number of hydrogen-bond donors (Lipinski definition) is 1. The Labute approximate surface area is 144 Å². The molecule has 1 amide bonds. The van der Waals surface area contributed by atoms with Gasteiger partial charge in [-0.05, 0) is 52.4 Å². The summed E-state index contributed by atoms with van der Waals surface area (Å²) in [5, 5.41) is 9.14. The van der Waals surface area contributed by atoms with E-state index in [1.54, 1.807) is 12.0 Å². The molecule has 5 nitrogen and oxygen atoms in total. The topological polar surface area (TPSA) is 66.8 Å². The number of carboxylic acid groups (broad SMARTS) is 1. The van der Waals surface area contributed by atoms with E-state index < -0.39 is 5.97 Å². The zero-order valence-corrected chi connectivity index (χ0v) is 15.0. The van der Waals surface area contributed by atoms with Gasteiger partial charge >= 0.3 is 5.97 Å². The lowest BCUT2D eigenvalue weighted by molar-refractivity contribution is -0.148. The molecule has 1 saturated heterocycles. The van der Waals surface area contributed by atoms with E-state index in [4.69, 9.17) is 9.84 Å². The highest BCUT2D eigenvalue weighted by atomic mass is 79.9. The van der Waals surface area contributed by atoms with E-state index in [-0.39, 0.29) is 17.7 Å². The summed E-state index contributed by atoms with van der Waals surface area (Å²) in [4.78, 5) is 25.3. The summed E-state index contributed by atoms with van der Waals surface area (Å²) < 4.78 is 6.07. The molecule has 6 heteroatoms. The molecule has 1 heterocycles. The predicted molar refractivity (Wildman–Crippen MR) is 90.5 cm³/mol. The summed E-state index contributed by atoms with van der Waals surface area (Å²) in [6.45, 7) is 2.97. The number of nitrogens with zero attached hydrogens (tertiary/aromatic N) is 1. The lowest BCUT2D eigenvalue weighted by Gasteiger charge is -2.35. The Morgan fingerprint density at radius 3 is 2.74 bits per heavy atom. The second kappa shape index (κ2) is 7.81. The quantitative estimate of drug-likeness (QED) is 0.848. The first-order chi connectivity index (χ1) is 10.9. The summed E-state index contributed by atoms with van der Waals surface area (Å²) in [6.07, 6.45) is 1.63. The van der Waals surface area contributed by atoms with Crippen LogP contribution in [0, 0.1) is 11.8 Å². The van der Waals surface area contributed by atoms with Gasteiger partial charge in [0.15, 0.2) is 0 Å². The van der Waals surface area contributed by atoms with Crippen molar-refractivity contribution in [3.63, 3.8) is 0 Å². The third kappa shape index (κ3) is 4.47. The molecule has 0 aromatic heterocycles. The van der Waals surface area contributed by atoms with Gasteiger partial charge in [-0.2, -0.15) is 0 Å². The van der Waals surface area contributed by atoms with Gasteiger partial charge < -0.3 is 14.7 Å². The molecule has 0 aliphatic carbocycles. The normalized spacial score (nSPS) is 21.1. The molecule has 0 bridgehead atoms. The van der Waals surface area contributed by atoms with E-state index in [0.29, 0.717) is 32.4 Å². The molecular formula is C17H22BrNO4. The van der Waals surface area contributed by atoms with Crippen LogP contribution in [0.4, 0.5) is 0 Å². The molecule has 0 saturated carbocycles. The summed E-state index contributed by atoms with van der Waals surface area (Å²) >= 11 is 3.44. The number of carbonyl (C=O) groups excluding carboxylic acids is 1.